The molecular weight excluding hydrogens is 234 g/mol. The summed E-state index contributed by atoms with van der Waals surface area (Å²) in [5.74, 6) is 1.93. The second kappa shape index (κ2) is 5.04. The first-order chi connectivity index (χ1) is 7.73. The number of nitrogens with one attached hydrogen (secondary N) is 1. The van der Waals surface area contributed by atoms with Gasteiger partial charge in [0.1, 0.15) is 5.94 Å². The molecule has 0 aromatic heterocycles. The second-order valence-electron chi connectivity index (χ2n) is 6.07. The van der Waals surface area contributed by atoms with Crippen LogP contribution in [0.4, 0.5) is 0 Å². The summed E-state index contributed by atoms with van der Waals surface area (Å²) in [7, 11) is -1.89. The normalized spacial score (nSPS) is 26.1. The Balaban J connectivity index is 2.81. The Hall–Kier alpha value is -0.453. The van der Waals surface area contributed by atoms with E-state index < -0.39 is 8.32 Å². The van der Waals surface area contributed by atoms with Crippen molar-refractivity contribution in [3.63, 3.8) is 0 Å². The molecule has 1 heterocycles. The Morgan fingerprint density at radius 1 is 1.53 bits per heavy atom. The van der Waals surface area contributed by atoms with Crippen molar-refractivity contribution >= 4 is 14.3 Å². The molecular formula is C12H23NO3Si. The average Bonchev–Trinajstić information content (AvgIpc) is 2.57. The lowest BCUT2D eigenvalue weighted by atomic mass is 10.1. The molecule has 0 bridgehead atoms. The van der Waals surface area contributed by atoms with Crippen LogP contribution in [0, 0.1) is 0 Å². The van der Waals surface area contributed by atoms with Crippen molar-refractivity contribution in [1.29, 1.82) is 0 Å². The van der Waals surface area contributed by atoms with E-state index in [0.29, 0.717) is 12.1 Å². The first kappa shape index (κ1) is 14.6. The Morgan fingerprint density at radius 2 is 2.12 bits per heavy atom. The molecule has 4 nitrogen and oxygen atoms in total. The molecule has 0 aromatic rings. The van der Waals surface area contributed by atoms with Gasteiger partial charge in [-0.25, -0.2) is 4.79 Å². The second-order valence-corrected chi connectivity index (χ2v) is 10.8. The molecule has 1 aliphatic heterocycles. The molecule has 5 heteroatoms. The minimum atomic E-state index is -1.89. The van der Waals surface area contributed by atoms with Crippen molar-refractivity contribution < 1.29 is 14.3 Å². The van der Waals surface area contributed by atoms with Gasteiger partial charge in [-0.2, -0.15) is 0 Å². The molecule has 2 N–H and O–H groups in total. The first-order valence-electron chi connectivity index (χ1n) is 6.00. The minimum Gasteiger partial charge on any atom is -0.408 e. The predicted octanol–water partition coefficient (Wildman–Crippen LogP) is 1.10. The number of aliphatic hydroxyl groups is 1. The lowest BCUT2D eigenvalue weighted by molar-refractivity contribution is 0.229. The van der Waals surface area contributed by atoms with Gasteiger partial charge in [0.25, 0.3) is 0 Å². The SMILES string of the molecule is CC(C)(C)[Si](C)(C)O[C@H]1CN[C@H](CO)C1=C=O. The minimum absolute atomic E-state index is 0.0814. The van der Waals surface area contributed by atoms with Gasteiger partial charge in [0.05, 0.1) is 24.3 Å². The molecule has 1 aliphatic rings. The van der Waals surface area contributed by atoms with Gasteiger partial charge in [-0.3, -0.25) is 0 Å². The Kier molecular flexibility index (Phi) is 4.33. The van der Waals surface area contributed by atoms with Crippen molar-refractivity contribution in [2.45, 2.75) is 51.0 Å². The van der Waals surface area contributed by atoms with Crippen molar-refractivity contribution in [2.75, 3.05) is 13.2 Å². The summed E-state index contributed by atoms with van der Waals surface area (Å²) in [6, 6.07) is -0.290. The van der Waals surface area contributed by atoms with E-state index in [-0.39, 0.29) is 23.8 Å². The Morgan fingerprint density at radius 3 is 2.53 bits per heavy atom. The summed E-state index contributed by atoms with van der Waals surface area (Å²) in [5, 5.41) is 12.3. The maximum Gasteiger partial charge on any atom is 0.192 e. The monoisotopic (exact) mass is 257 g/mol. The highest BCUT2D eigenvalue weighted by Crippen LogP contribution is 2.38. The van der Waals surface area contributed by atoms with E-state index in [1.807, 2.05) is 5.94 Å². The number of aliphatic hydroxyl groups excluding tert-OH is 1. The molecule has 0 spiro atoms. The maximum atomic E-state index is 10.9. The van der Waals surface area contributed by atoms with Gasteiger partial charge in [0, 0.05) is 6.54 Å². The van der Waals surface area contributed by atoms with Crippen LogP contribution in [0.1, 0.15) is 20.8 Å². The van der Waals surface area contributed by atoms with E-state index >= 15 is 0 Å². The predicted molar refractivity (Wildman–Crippen MR) is 70.2 cm³/mol. The van der Waals surface area contributed by atoms with E-state index in [9.17, 15) is 4.79 Å². The lowest BCUT2D eigenvalue weighted by Gasteiger charge is -2.38. The summed E-state index contributed by atoms with van der Waals surface area (Å²) in [6.45, 7) is 11.3. The first-order valence-corrected chi connectivity index (χ1v) is 8.90. The third-order valence-corrected chi connectivity index (χ3v) is 8.30. The molecule has 0 amide bonds. The topological polar surface area (TPSA) is 58.6 Å². The Labute approximate surface area is 104 Å². The van der Waals surface area contributed by atoms with E-state index in [0.717, 1.165) is 0 Å². The van der Waals surface area contributed by atoms with Gasteiger partial charge in [0.2, 0.25) is 0 Å². The smallest absolute Gasteiger partial charge is 0.192 e. The largest absolute Gasteiger partial charge is 0.408 e. The fourth-order valence-electron chi connectivity index (χ4n) is 1.63. The summed E-state index contributed by atoms with van der Waals surface area (Å²) >= 11 is 0. The van der Waals surface area contributed by atoms with Crippen LogP contribution in [0.25, 0.3) is 0 Å². The van der Waals surface area contributed by atoms with Gasteiger partial charge in [-0.1, -0.05) is 20.8 Å². The van der Waals surface area contributed by atoms with Crippen LogP contribution in [-0.4, -0.2) is 44.7 Å². The summed E-state index contributed by atoms with van der Waals surface area (Å²) < 4.78 is 6.16. The molecule has 2 atom stereocenters. The van der Waals surface area contributed by atoms with Crippen LogP contribution in [0.2, 0.25) is 18.1 Å². The number of carbonyl (C=O) groups excluding carboxylic acids is 1. The molecule has 0 saturated carbocycles. The van der Waals surface area contributed by atoms with Crippen molar-refractivity contribution in [2.24, 2.45) is 0 Å². The van der Waals surface area contributed by atoms with Gasteiger partial charge < -0.3 is 14.8 Å². The van der Waals surface area contributed by atoms with Crippen molar-refractivity contribution in [3.05, 3.63) is 5.57 Å². The van der Waals surface area contributed by atoms with Crippen LogP contribution in [0.5, 0.6) is 0 Å². The van der Waals surface area contributed by atoms with Crippen molar-refractivity contribution in [3.8, 4) is 0 Å². The summed E-state index contributed by atoms with van der Waals surface area (Å²) in [5.41, 5.74) is 0.525. The molecule has 17 heavy (non-hydrogen) atoms. The zero-order valence-corrected chi connectivity index (χ0v) is 12.3. The zero-order chi connectivity index (χ0) is 13.3. The fourth-order valence-corrected chi connectivity index (χ4v) is 2.91. The molecule has 0 aliphatic carbocycles. The summed E-state index contributed by atoms with van der Waals surface area (Å²) in [6.07, 6.45) is -0.231. The molecule has 98 valence electrons. The van der Waals surface area contributed by atoms with Crippen LogP contribution >= 0.6 is 0 Å². The van der Waals surface area contributed by atoms with Crippen LogP contribution < -0.4 is 5.32 Å². The van der Waals surface area contributed by atoms with Crippen LogP contribution in [-0.2, 0) is 9.22 Å². The van der Waals surface area contributed by atoms with Gasteiger partial charge >= 0.3 is 0 Å². The van der Waals surface area contributed by atoms with Crippen LogP contribution in [0.3, 0.4) is 0 Å². The number of rotatable bonds is 3. The number of hydrogen-bond donors (Lipinski definition) is 2. The zero-order valence-electron chi connectivity index (χ0n) is 11.3. The third-order valence-electron chi connectivity index (χ3n) is 3.82. The van der Waals surface area contributed by atoms with E-state index in [1.54, 1.807) is 0 Å². The molecule has 0 radical (unpaired) electrons. The molecule has 0 aromatic carbocycles. The highest BCUT2D eigenvalue weighted by molar-refractivity contribution is 6.74. The van der Waals surface area contributed by atoms with E-state index in [1.165, 1.54) is 0 Å². The maximum absolute atomic E-state index is 10.9. The van der Waals surface area contributed by atoms with E-state index in [2.05, 4.69) is 39.2 Å². The Bertz CT molecular complexity index is 329. The summed E-state index contributed by atoms with van der Waals surface area (Å²) in [4.78, 5) is 10.9. The fraction of sp³-hybridized carbons (Fsp3) is 0.833. The van der Waals surface area contributed by atoms with Crippen molar-refractivity contribution in [1.82, 2.24) is 5.32 Å². The van der Waals surface area contributed by atoms with Gasteiger partial charge in [-0.05, 0) is 18.1 Å². The third kappa shape index (κ3) is 3.06. The molecule has 0 unspecified atom stereocenters. The number of hydrogen-bond acceptors (Lipinski definition) is 4. The van der Waals surface area contributed by atoms with E-state index in [4.69, 9.17) is 9.53 Å². The standard InChI is InChI=1S/C12H23NO3Si/c1-12(2,3)17(4,5)16-11-6-13-10(8-15)9(11)7-14/h10-11,13,15H,6,8H2,1-5H3/t10-,11+/m1/s1. The van der Waals surface area contributed by atoms with Gasteiger partial charge in [0.15, 0.2) is 8.32 Å². The highest BCUT2D eigenvalue weighted by Gasteiger charge is 2.42. The molecule has 1 rings (SSSR count). The quantitative estimate of drug-likeness (QED) is 0.587. The highest BCUT2D eigenvalue weighted by atomic mass is 28.4. The molecule has 1 saturated heterocycles. The average molecular weight is 257 g/mol. The van der Waals surface area contributed by atoms with Crippen LogP contribution in [0.15, 0.2) is 5.57 Å². The lowest BCUT2D eigenvalue weighted by Crippen LogP contribution is -2.44. The van der Waals surface area contributed by atoms with Gasteiger partial charge in [-0.15, -0.1) is 0 Å². The molecule has 1 fully saturated rings.